The fourth-order valence-corrected chi connectivity index (χ4v) is 3.35. The Kier molecular flexibility index (Phi) is 4.65. The van der Waals surface area contributed by atoms with Crippen LogP contribution in [0.5, 0.6) is 5.75 Å². The second-order valence-electron chi connectivity index (χ2n) is 5.96. The molecule has 2 aromatic rings. The average Bonchev–Trinajstić information content (AvgIpc) is 2.61. The van der Waals surface area contributed by atoms with Crippen LogP contribution in [0.4, 0.5) is 5.69 Å². The molecule has 3 heteroatoms. The number of hydrogen-bond donors (Lipinski definition) is 0. The van der Waals surface area contributed by atoms with E-state index in [1.165, 1.54) is 5.56 Å². The molecule has 0 amide bonds. The van der Waals surface area contributed by atoms with Crippen molar-refractivity contribution in [1.29, 1.82) is 0 Å². The van der Waals surface area contributed by atoms with Crippen LogP contribution in [-0.2, 0) is 11.2 Å². The second kappa shape index (κ2) is 6.86. The first-order chi connectivity index (χ1) is 11.2. The van der Waals surface area contributed by atoms with E-state index in [9.17, 15) is 4.79 Å². The SMILES string of the molecule is CCCC(=O)[C@@H]1c2ccccc2CCN1c1ccc(OC)cc1. The molecule has 1 aliphatic rings. The largest absolute Gasteiger partial charge is 0.497 e. The summed E-state index contributed by atoms with van der Waals surface area (Å²) in [6, 6.07) is 16.2. The number of benzene rings is 2. The lowest BCUT2D eigenvalue weighted by Crippen LogP contribution is -2.39. The Morgan fingerprint density at radius 1 is 1.17 bits per heavy atom. The van der Waals surface area contributed by atoms with Gasteiger partial charge in [-0.3, -0.25) is 4.79 Å². The van der Waals surface area contributed by atoms with Crippen LogP contribution in [0.2, 0.25) is 0 Å². The number of fused-ring (bicyclic) bond motifs is 1. The Morgan fingerprint density at radius 3 is 2.61 bits per heavy atom. The van der Waals surface area contributed by atoms with Crippen LogP contribution in [0.3, 0.4) is 0 Å². The Labute approximate surface area is 137 Å². The van der Waals surface area contributed by atoms with Gasteiger partial charge in [0.2, 0.25) is 0 Å². The zero-order chi connectivity index (χ0) is 16.2. The molecule has 0 radical (unpaired) electrons. The highest BCUT2D eigenvalue weighted by Crippen LogP contribution is 2.35. The number of carbonyl (C=O) groups is 1. The summed E-state index contributed by atoms with van der Waals surface area (Å²) in [5.41, 5.74) is 3.54. The van der Waals surface area contributed by atoms with Gasteiger partial charge in [-0.25, -0.2) is 0 Å². The summed E-state index contributed by atoms with van der Waals surface area (Å²) in [7, 11) is 1.67. The first-order valence-electron chi connectivity index (χ1n) is 8.25. The van der Waals surface area contributed by atoms with Gasteiger partial charge >= 0.3 is 0 Å². The molecule has 0 spiro atoms. The Hall–Kier alpha value is -2.29. The molecule has 0 saturated heterocycles. The normalized spacial score (nSPS) is 16.8. The molecule has 1 atom stereocenters. The van der Waals surface area contributed by atoms with Crippen LogP contribution in [0, 0.1) is 0 Å². The molecule has 1 heterocycles. The van der Waals surface area contributed by atoms with Gasteiger partial charge in [-0.2, -0.15) is 0 Å². The van der Waals surface area contributed by atoms with Crippen molar-refractivity contribution in [3.05, 3.63) is 59.7 Å². The van der Waals surface area contributed by atoms with Crippen LogP contribution < -0.4 is 9.64 Å². The Bertz CT molecular complexity index is 678. The van der Waals surface area contributed by atoms with E-state index in [-0.39, 0.29) is 6.04 Å². The summed E-state index contributed by atoms with van der Waals surface area (Å²) in [6.45, 7) is 2.92. The third-order valence-corrected chi connectivity index (χ3v) is 4.49. The van der Waals surface area contributed by atoms with Gasteiger partial charge < -0.3 is 9.64 Å². The van der Waals surface area contributed by atoms with Gasteiger partial charge in [0, 0.05) is 18.7 Å². The molecule has 3 nitrogen and oxygen atoms in total. The van der Waals surface area contributed by atoms with E-state index in [4.69, 9.17) is 4.74 Å². The third-order valence-electron chi connectivity index (χ3n) is 4.49. The number of rotatable bonds is 5. The number of ether oxygens (including phenoxy) is 1. The summed E-state index contributed by atoms with van der Waals surface area (Å²) in [5.74, 6) is 1.14. The van der Waals surface area contributed by atoms with Crippen molar-refractivity contribution >= 4 is 11.5 Å². The highest BCUT2D eigenvalue weighted by molar-refractivity contribution is 5.89. The molecule has 0 saturated carbocycles. The molecule has 23 heavy (non-hydrogen) atoms. The topological polar surface area (TPSA) is 29.5 Å². The van der Waals surface area contributed by atoms with Crippen molar-refractivity contribution in [1.82, 2.24) is 0 Å². The smallest absolute Gasteiger partial charge is 0.159 e. The van der Waals surface area contributed by atoms with Gasteiger partial charge in [0.1, 0.15) is 11.8 Å². The highest BCUT2D eigenvalue weighted by atomic mass is 16.5. The number of carbonyl (C=O) groups excluding carboxylic acids is 1. The predicted octanol–water partition coefficient (Wildman–Crippen LogP) is 4.17. The molecule has 0 N–H and O–H groups in total. The van der Waals surface area contributed by atoms with E-state index >= 15 is 0 Å². The third kappa shape index (κ3) is 3.09. The van der Waals surface area contributed by atoms with Gasteiger partial charge in [0.05, 0.1) is 7.11 Å². The number of nitrogens with zero attached hydrogens (tertiary/aromatic N) is 1. The quantitative estimate of drug-likeness (QED) is 0.830. The van der Waals surface area contributed by atoms with Gasteiger partial charge in [-0.15, -0.1) is 0 Å². The fourth-order valence-electron chi connectivity index (χ4n) is 3.35. The molecule has 1 aliphatic heterocycles. The molecular weight excluding hydrogens is 286 g/mol. The summed E-state index contributed by atoms with van der Waals surface area (Å²) in [5, 5.41) is 0. The van der Waals surface area contributed by atoms with Crippen molar-refractivity contribution < 1.29 is 9.53 Å². The minimum atomic E-state index is -0.173. The number of hydrogen-bond acceptors (Lipinski definition) is 3. The van der Waals surface area contributed by atoms with Crippen LogP contribution in [0.1, 0.15) is 36.9 Å². The maximum atomic E-state index is 12.8. The molecule has 0 unspecified atom stereocenters. The fraction of sp³-hybridized carbons (Fsp3) is 0.350. The molecule has 2 aromatic carbocycles. The van der Waals surface area contributed by atoms with Crippen molar-refractivity contribution in [3.63, 3.8) is 0 Å². The molecule has 0 aliphatic carbocycles. The van der Waals surface area contributed by atoms with Crippen molar-refractivity contribution in [2.24, 2.45) is 0 Å². The van der Waals surface area contributed by atoms with Crippen LogP contribution in [0.15, 0.2) is 48.5 Å². The lowest BCUT2D eigenvalue weighted by molar-refractivity contribution is -0.120. The van der Waals surface area contributed by atoms with Crippen molar-refractivity contribution in [3.8, 4) is 5.75 Å². The van der Waals surface area contributed by atoms with Gasteiger partial charge in [0.25, 0.3) is 0 Å². The number of Topliss-reactive ketones (excluding diaryl/α,β-unsaturated/α-hetero) is 1. The maximum absolute atomic E-state index is 12.8. The summed E-state index contributed by atoms with van der Waals surface area (Å²) in [4.78, 5) is 15.0. The minimum Gasteiger partial charge on any atom is -0.497 e. The molecule has 0 bridgehead atoms. The van der Waals surface area contributed by atoms with E-state index in [1.54, 1.807) is 7.11 Å². The number of methoxy groups -OCH3 is 1. The van der Waals surface area contributed by atoms with Crippen LogP contribution >= 0.6 is 0 Å². The predicted molar refractivity (Wildman–Crippen MR) is 93.1 cm³/mol. The lowest BCUT2D eigenvalue weighted by atomic mass is 9.88. The molecule has 0 aromatic heterocycles. The number of ketones is 1. The summed E-state index contributed by atoms with van der Waals surface area (Å²) in [6.07, 6.45) is 2.47. The monoisotopic (exact) mass is 309 g/mol. The van der Waals surface area contributed by atoms with E-state index < -0.39 is 0 Å². The average molecular weight is 309 g/mol. The van der Waals surface area contributed by atoms with Gasteiger partial charge in [0.15, 0.2) is 5.78 Å². The van der Waals surface area contributed by atoms with Crippen LogP contribution in [-0.4, -0.2) is 19.4 Å². The zero-order valence-electron chi connectivity index (χ0n) is 13.8. The summed E-state index contributed by atoms with van der Waals surface area (Å²) >= 11 is 0. The Morgan fingerprint density at radius 2 is 1.91 bits per heavy atom. The zero-order valence-corrected chi connectivity index (χ0v) is 13.8. The van der Waals surface area contributed by atoms with Crippen molar-refractivity contribution in [2.45, 2.75) is 32.2 Å². The number of anilines is 1. The first-order valence-corrected chi connectivity index (χ1v) is 8.25. The Balaban J connectivity index is 1.99. The van der Waals surface area contributed by atoms with E-state index in [2.05, 4.69) is 30.0 Å². The molecular formula is C20H23NO2. The van der Waals surface area contributed by atoms with Gasteiger partial charge in [-0.05, 0) is 48.2 Å². The van der Waals surface area contributed by atoms with Crippen LogP contribution in [0.25, 0.3) is 0 Å². The standard InChI is InChI=1S/C20H23NO2/c1-3-6-19(22)20-18-8-5-4-7-15(18)13-14-21(20)16-9-11-17(23-2)12-10-16/h4-5,7-12,20H,3,6,13-14H2,1-2H3/t20-/m0/s1. The van der Waals surface area contributed by atoms with E-state index in [0.29, 0.717) is 12.2 Å². The minimum absolute atomic E-state index is 0.173. The van der Waals surface area contributed by atoms with E-state index in [1.807, 2.05) is 30.3 Å². The lowest BCUT2D eigenvalue weighted by Gasteiger charge is -2.38. The molecule has 0 fully saturated rings. The highest BCUT2D eigenvalue weighted by Gasteiger charge is 2.32. The maximum Gasteiger partial charge on any atom is 0.159 e. The molecule has 120 valence electrons. The van der Waals surface area contributed by atoms with Gasteiger partial charge in [-0.1, -0.05) is 31.2 Å². The van der Waals surface area contributed by atoms with E-state index in [0.717, 1.165) is 36.4 Å². The second-order valence-corrected chi connectivity index (χ2v) is 5.96. The first kappa shape index (κ1) is 15.6. The summed E-state index contributed by atoms with van der Waals surface area (Å²) < 4.78 is 5.24. The molecule has 3 rings (SSSR count). The van der Waals surface area contributed by atoms with Crippen molar-refractivity contribution in [2.75, 3.05) is 18.6 Å².